The molecule has 0 saturated carbocycles. The summed E-state index contributed by atoms with van der Waals surface area (Å²) in [5.74, 6) is 1.74. The summed E-state index contributed by atoms with van der Waals surface area (Å²) >= 11 is 0. The number of benzene rings is 4. The van der Waals surface area contributed by atoms with E-state index in [0.717, 1.165) is 11.1 Å². The molecule has 4 aromatic carbocycles. The maximum atomic E-state index is 13.7. The summed E-state index contributed by atoms with van der Waals surface area (Å²) in [7, 11) is 6.30. The highest BCUT2D eigenvalue weighted by molar-refractivity contribution is 6.08. The first kappa shape index (κ1) is 32.8. The van der Waals surface area contributed by atoms with Crippen LogP contribution in [0.1, 0.15) is 27.6 Å². The van der Waals surface area contributed by atoms with Crippen molar-refractivity contribution in [3.05, 3.63) is 108 Å². The predicted octanol–water partition coefficient (Wildman–Crippen LogP) is 6.70. The minimum absolute atomic E-state index is 0.193. The highest BCUT2D eigenvalue weighted by Gasteiger charge is 2.19. The van der Waals surface area contributed by atoms with Crippen LogP contribution in [0, 0.1) is 0 Å². The number of carbonyl (C=O) groups excluding carboxylic acids is 2. The molecule has 0 fully saturated rings. The first-order valence-electron chi connectivity index (χ1n) is 15.7. The van der Waals surface area contributed by atoms with Gasteiger partial charge in [0.05, 0.1) is 62.0 Å². The van der Waals surface area contributed by atoms with E-state index in [-0.39, 0.29) is 18.4 Å². The van der Waals surface area contributed by atoms with Crippen molar-refractivity contribution in [1.29, 1.82) is 0 Å². The van der Waals surface area contributed by atoms with Crippen LogP contribution < -0.4 is 29.6 Å². The molecular formula is C39H36N4O6. The number of ether oxygens (including phenoxy) is 4. The van der Waals surface area contributed by atoms with E-state index in [4.69, 9.17) is 28.9 Å². The number of hydrogen-bond acceptors (Lipinski definition) is 8. The normalized spacial score (nSPS) is 11.5. The molecule has 1 atom stereocenters. The number of pyridine rings is 2. The summed E-state index contributed by atoms with van der Waals surface area (Å²) in [5, 5.41) is 7.48. The van der Waals surface area contributed by atoms with Crippen molar-refractivity contribution >= 4 is 33.6 Å². The van der Waals surface area contributed by atoms with E-state index in [1.54, 1.807) is 52.7 Å². The molecule has 10 heteroatoms. The number of nitrogens with zero attached hydrogens (tertiary/aromatic N) is 2. The Labute approximate surface area is 284 Å². The van der Waals surface area contributed by atoms with Crippen LogP contribution in [0.5, 0.6) is 23.0 Å². The smallest absolute Gasteiger partial charge is 0.252 e. The van der Waals surface area contributed by atoms with E-state index >= 15 is 0 Å². The van der Waals surface area contributed by atoms with E-state index in [2.05, 4.69) is 10.6 Å². The average Bonchev–Trinajstić information content (AvgIpc) is 3.15. The number of methoxy groups -OCH3 is 4. The van der Waals surface area contributed by atoms with Crippen molar-refractivity contribution < 1.29 is 28.5 Å². The highest BCUT2D eigenvalue weighted by Crippen LogP contribution is 2.34. The van der Waals surface area contributed by atoms with Gasteiger partial charge >= 0.3 is 0 Å². The van der Waals surface area contributed by atoms with E-state index in [1.807, 2.05) is 79.7 Å². The minimum Gasteiger partial charge on any atom is -0.493 e. The molecule has 10 nitrogen and oxygen atoms in total. The molecule has 0 aliphatic rings. The molecule has 0 radical (unpaired) electrons. The van der Waals surface area contributed by atoms with Gasteiger partial charge in [-0.05, 0) is 67.6 Å². The molecule has 2 N–H and O–H groups in total. The molecule has 2 aromatic heterocycles. The number of nitrogens with one attached hydrogen (secondary N) is 2. The maximum absolute atomic E-state index is 13.7. The summed E-state index contributed by atoms with van der Waals surface area (Å²) < 4.78 is 21.7. The first-order valence-corrected chi connectivity index (χ1v) is 15.7. The highest BCUT2D eigenvalue weighted by atomic mass is 16.5. The zero-order chi connectivity index (χ0) is 34.5. The molecule has 248 valence electrons. The average molecular weight is 657 g/mol. The van der Waals surface area contributed by atoms with Gasteiger partial charge in [-0.15, -0.1) is 0 Å². The van der Waals surface area contributed by atoms with Gasteiger partial charge in [-0.1, -0.05) is 36.4 Å². The van der Waals surface area contributed by atoms with Crippen LogP contribution in [0.2, 0.25) is 0 Å². The lowest BCUT2D eigenvalue weighted by atomic mass is 10.0. The Morgan fingerprint density at radius 1 is 0.592 bits per heavy atom. The number of para-hydroxylation sites is 2. The second-order valence-corrected chi connectivity index (χ2v) is 11.4. The van der Waals surface area contributed by atoms with Crippen molar-refractivity contribution in [2.24, 2.45) is 0 Å². The first-order chi connectivity index (χ1) is 23.8. The Kier molecular flexibility index (Phi) is 9.57. The zero-order valence-electron chi connectivity index (χ0n) is 27.9. The molecule has 0 aliphatic heterocycles. The van der Waals surface area contributed by atoms with Crippen molar-refractivity contribution in [2.75, 3.05) is 35.0 Å². The second-order valence-electron chi connectivity index (χ2n) is 11.4. The summed E-state index contributed by atoms with van der Waals surface area (Å²) in [6.45, 7) is 2.04. The molecular weight excluding hydrogens is 620 g/mol. The maximum Gasteiger partial charge on any atom is 0.252 e. The molecule has 6 rings (SSSR count). The van der Waals surface area contributed by atoms with Gasteiger partial charge in [-0.2, -0.15) is 0 Å². The monoisotopic (exact) mass is 656 g/mol. The fourth-order valence-electron chi connectivity index (χ4n) is 5.71. The summed E-state index contributed by atoms with van der Waals surface area (Å²) in [4.78, 5) is 37.0. The quantitative estimate of drug-likeness (QED) is 0.158. The van der Waals surface area contributed by atoms with Gasteiger partial charge in [-0.25, -0.2) is 9.97 Å². The number of aromatic nitrogens is 2. The Hall–Kier alpha value is -6.16. The number of hydrogen-bond donors (Lipinski definition) is 2. The lowest BCUT2D eigenvalue weighted by molar-refractivity contribution is 0.0914. The molecule has 2 heterocycles. The van der Waals surface area contributed by atoms with Crippen molar-refractivity contribution in [2.45, 2.75) is 13.0 Å². The van der Waals surface area contributed by atoms with Crippen LogP contribution in [0.3, 0.4) is 0 Å². The molecule has 0 saturated heterocycles. The molecule has 2 amide bonds. The lowest BCUT2D eigenvalue weighted by Gasteiger charge is -2.17. The summed E-state index contributed by atoms with van der Waals surface area (Å²) in [6.07, 6.45) is 0. The van der Waals surface area contributed by atoms with Crippen molar-refractivity contribution in [3.8, 4) is 45.5 Å². The summed E-state index contributed by atoms with van der Waals surface area (Å²) in [6, 6.07) is 29.1. The standard InChI is InChI=1S/C39H36N4O6/c1-23(41-39(45)29-21-33(43-31-13-9-7-11-27(29)31)25-15-17-35(47-3)37(19-25)49-5)22-40-38(44)28-20-32(42-30-12-8-6-10-26(28)30)24-14-16-34(46-2)36(18-24)48-4/h6-21,23H,22H2,1-5H3,(H,40,44)(H,41,45)/t23-/m1/s1. The number of carbonyl (C=O) groups is 2. The van der Waals surface area contributed by atoms with E-state index in [1.165, 1.54) is 0 Å². The molecule has 6 aromatic rings. The fourth-order valence-corrected chi connectivity index (χ4v) is 5.71. The minimum atomic E-state index is -0.397. The van der Waals surface area contributed by atoms with E-state index < -0.39 is 6.04 Å². The third kappa shape index (κ3) is 6.80. The molecule has 0 spiro atoms. The third-order valence-corrected chi connectivity index (χ3v) is 8.23. The Morgan fingerprint density at radius 3 is 1.51 bits per heavy atom. The van der Waals surface area contributed by atoms with Gasteiger partial charge in [0.1, 0.15) is 0 Å². The zero-order valence-corrected chi connectivity index (χ0v) is 27.9. The number of rotatable bonds is 11. The van der Waals surface area contributed by atoms with Crippen LogP contribution in [0.25, 0.3) is 44.3 Å². The molecule has 49 heavy (non-hydrogen) atoms. The van der Waals surface area contributed by atoms with Crippen LogP contribution >= 0.6 is 0 Å². The van der Waals surface area contributed by atoms with Gasteiger partial charge in [-0.3, -0.25) is 9.59 Å². The van der Waals surface area contributed by atoms with Gasteiger partial charge in [0, 0.05) is 34.5 Å². The fraction of sp³-hybridized carbons (Fsp3) is 0.179. The van der Waals surface area contributed by atoms with Gasteiger partial charge < -0.3 is 29.6 Å². The number of fused-ring (bicyclic) bond motifs is 2. The SMILES string of the molecule is COc1ccc(-c2cc(C(=O)NC[C@@H](C)NC(=O)c3cc(-c4ccc(OC)c(OC)c4)nc4ccccc34)c3ccccc3n2)cc1OC. The largest absolute Gasteiger partial charge is 0.493 e. The Bertz CT molecular complexity index is 2180. The molecule has 0 unspecified atom stereocenters. The molecule has 0 bridgehead atoms. The van der Waals surface area contributed by atoms with E-state index in [9.17, 15) is 9.59 Å². The van der Waals surface area contributed by atoms with Gasteiger partial charge in [0.25, 0.3) is 11.8 Å². The topological polar surface area (TPSA) is 121 Å². The predicted molar refractivity (Wildman–Crippen MR) is 190 cm³/mol. The van der Waals surface area contributed by atoms with Gasteiger partial charge in [0.2, 0.25) is 0 Å². The van der Waals surface area contributed by atoms with Crippen LogP contribution in [0.15, 0.2) is 97.1 Å². The Balaban J connectivity index is 1.23. The molecule has 0 aliphatic carbocycles. The summed E-state index contributed by atoms with van der Waals surface area (Å²) in [5.41, 5.74) is 5.06. The third-order valence-electron chi connectivity index (χ3n) is 8.23. The van der Waals surface area contributed by atoms with Crippen molar-refractivity contribution in [3.63, 3.8) is 0 Å². The van der Waals surface area contributed by atoms with E-state index in [0.29, 0.717) is 67.3 Å². The van der Waals surface area contributed by atoms with Crippen LogP contribution in [0.4, 0.5) is 0 Å². The second kappa shape index (κ2) is 14.3. The van der Waals surface area contributed by atoms with Crippen molar-refractivity contribution in [1.82, 2.24) is 20.6 Å². The van der Waals surface area contributed by atoms with Gasteiger partial charge in [0.15, 0.2) is 23.0 Å². The number of amides is 2. The Morgan fingerprint density at radius 2 is 1.04 bits per heavy atom. The van der Waals surface area contributed by atoms with Crippen LogP contribution in [-0.4, -0.2) is 62.8 Å². The van der Waals surface area contributed by atoms with Crippen LogP contribution in [-0.2, 0) is 0 Å². The lowest BCUT2D eigenvalue weighted by Crippen LogP contribution is -2.42.